The second-order valence-corrected chi connectivity index (χ2v) is 8.66. The maximum atomic E-state index is 9.63. The van der Waals surface area contributed by atoms with Crippen LogP contribution in [-0.4, -0.2) is 57.9 Å². The highest BCUT2D eigenvalue weighted by Crippen LogP contribution is 2.33. The van der Waals surface area contributed by atoms with Crippen molar-refractivity contribution < 1.29 is 29.6 Å². The Bertz CT molecular complexity index is 930. The lowest BCUT2D eigenvalue weighted by Crippen LogP contribution is -2.36. The Balaban J connectivity index is 0.000000440. The first kappa shape index (κ1) is 27.7. The highest BCUT2D eigenvalue weighted by Gasteiger charge is 2.19. The molecule has 0 bridgehead atoms. The first-order valence-electron chi connectivity index (χ1n) is 11.0. The summed E-state index contributed by atoms with van der Waals surface area (Å²) in [5, 5.41) is 26.4. The average Bonchev–Trinajstić information content (AvgIpc) is 2.81. The molecule has 3 rings (SSSR count). The highest BCUT2D eigenvalue weighted by atomic mass is 35.5. The van der Waals surface area contributed by atoms with Crippen LogP contribution in [0.1, 0.15) is 37.4 Å². The number of aliphatic carboxylic acids is 2. The molecular weight excluding hydrogens is 481 g/mol. The van der Waals surface area contributed by atoms with Gasteiger partial charge in [-0.15, -0.1) is 0 Å². The van der Waals surface area contributed by atoms with Crippen molar-refractivity contribution >= 4 is 35.1 Å². The van der Waals surface area contributed by atoms with Crippen molar-refractivity contribution in [2.75, 3.05) is 19.6 Å². The molecule has 1 fully saturated rings. The molecule has 2 aromatic carbocycles. The van der Waals surface area contributed by atoms with Gasteiger partial charge in [-0.05, 0) is 49.9 Å². The van der Waals surface area contributed by atoms with Crippen LogP contribution >= 0.6 is 23.2 Å². The molecule has 184 valence electrons. The van der Waals surface area contributed by atoms with Crippen molar-refractivity contribution in [1.82, 2.24) is 4.90 Å². The van der Waals surface area contributed by atoms with Gasteiger partial charge in [-0.2, -0.15) is 0 Å². The number of nitrogens with zero attached hydrogens (tertiary/aromatic N) is 1. The molecule has 1 unspecified atom stereocenters. The number of aliphatic hydroxyl groups is 1. The molecule has 1 aliphatic rings. The highest BCUT2D eigenvalue weighted by molar-refractivity contribution is 6.34. The summed E-state index contributed by atoms with van der Waals surface area (Å²) in [6, 6.07) is 15.5. The first-order chi connectivity index (χ1) is 16.2. The number of aliphatic hydroxyl groups excluding tert-OH is 1. The summed E-state index contributed by atoms with van der Waals surface area (Å²) in [6.07, 6.45) is 4.58. The molecule has 9 heteroatoms. The molecular formula is C25H29Cl2NO6. The SMILES string of the molecule is O=C(O)C=CC(=O)O.OC1CCN(CCCC(Oc2cc(Cl)ccc2Cl)c2ccccc2)CC1. The summed E-state index contributed by atoms with van der Waals surface area (Å²) in [7, 11) is 0. The van der Waals surface area contributed by atoms with Gasteiger partial charge < -0.3 is 25.0 Å². The van der Waals surface area contributed by atoms with Gasteiger partial charge in [0.1, 0.15) is 11.9 Å². The van der Waals surface area contributed by atoms with Crippen molar-refractivity contribution in [2.24, 2.45) is 0 Å². The molecule has 2 aromatic rings. The fourth-order valence-electron chi connectivity index (χ4n) is 3.47. The number of piperidine rings is 1. The van der Waals surface area contributed by atoms with E-state index in [0.717, 1.165) is 50.9 Å². The third-order valence-corrected chi connectivity index (χ3v) is 5.75. The number of rotatable bonds is 9. The van der Waals surface area contributed by atoms with E-state index in [-0.39, 0.29) is 12.2 Å². The molecule has 0 saturated carbocycles. The Kier molecular flexibility index (Phi) is 11.9. The van der Waals surface area contributed by atoms with Gasteiger partial charge in [-0.25, -0.2) is 9.59 Å². The van der Waals surface area contributed by atoms with Crippen molar-refractivity contribution in [3.05, 3.63) is 76.3 Å². The van der Waals surface area contributed by atoms with E-state index in [1.807, 2.05) is 18.2 Å². The maximum Gasteiger partial charge on any atom is 0.328 e. The Labute approximate surface area is 209 Å². The molecule has 0 amide bonds. The van der Waals surface area contributed by atoms with Crippen LogP contribution in [0.3, 0.4) is 0 Å². The number of ether oxygens (including phenoxy) is 1. The molecule has 3 N–H and O–H groups in total. The van der Waals surface area contributed by atoms with Crippen LogP contribution in [-0.2, 0) is 9.59 Å². The Hall–Kier alpha value is -2.58. The zero-order valence-electron chi connectivity index (χ0n) is 18.6. The van der Waals surface area contributed by atoms with E-state index in [0.29, 0.717) is 27.9 Å². The van der Waals surface area contributed by atoms with Crippen molar-refractivity contribution in [1.29, 1.82) is 0 Å². The minimum atomic E-state index is -1.26. The van der Waals surface area contributed by atoms with Crippen LogP contribution in [0.4, 0.5) is 0 Å². The van der Waals surface area contributed by atoms with E-state index >= 15 is 0 Å². The summed E-state index contributed by atoms with van der Waals surface area (Å²) < 4.78 is 6.24. The van der Waals surface area contributed by atoms with E-state index < -0.39 is 11.9 Å². The molecule has 0 aromatic heterocycles. The van der Waals surface area contributed by atoms with Crippen LogP contribution in [0.2, 0.25) is 10.0 Å². The third-order valence-electron chi connectivity index (χ3n) is 5.20. The molecule has 1 aliphatic heterocycles. The van der Waals surface area contributed by atoms with Crippen LogP contribution in [0.15, 0.2) is 60.7 Å². The average molecular weight is 510 g/mol. The normalized spacial score (nSPS) is 15.4. The first-order valence-corrected chi connectivity index (χ1v) is 11.7. The molecule has 34 heavy (non-hydrogen) atoms. The number of hydrogen-bond donors (Lipinski definition) is 3. The topological polar surface area (TPSA) is 107 Å². The minimum Gasteiger partial charge on any atom is -0.484 e. The van der Waals surface area contributed by atoms with Gasteiger partial charge >= 0.3 is 11.9 Å². The van der Waals surface area contributed by atoms with Gasteiger partial charge in [0.25, 0.3) is 0 Å². The van der Waals surface area contributed by atoms with Gasteiger partial charge in [0.05, 0.1) is 11.1 Å². The minimum absolute atomic E-state index is 0.0671. The standard InChI is InChI=1S/C21H25Cl2NO2.C4H4O4/c22-17-8-9-19(23)21(15-17)26-20(16-5-2-1-3-6-16)7-4-12-24-13-10-18(25)11-14-24;5-3(6)1-2-4(7)8/h1-3,5-6,8-9,15,18,20,25H,4,7,10-14H2;1-2H,(H,5,6)(H,7,8). The van der Waals surface area contributed by atoms with E-state index in [4.69, 9.17) is 38.2 Å². The number of carbonyl (C=O) groups is 2. The second kappa shape index (κ2) is 14.6. The molecule has 1 atom stereocenters. The summed E-state index contributed by atoms with van der Waals surface area (Å²) >= 11 is 12.4. The lowest BCUT2D eigenvalue weighted by molar-refractivity contribution is -0.134. The van der Waals surface area contributed by atoms with Crippen LogP contribution in [0, 0.1) is 0 Å². The van der Waals surface area contributed by atoms with Gasteiger partial charge in [0, 0.05) is 36.3 Å². The summed E-state index contributed by atoms with van der Waals surface area (Å²) in [5.41, 5.74) is 1.14. The number of likely N-dealkylation sites (tertiary alicyclic amines) is 1. The molecule has 0 spiro atoms. The van der Waals surface area contributed by atoms with E-state index in [2.05, 4.69) is 17.0 Å². The Morgan fingerprint density at radius 1 is 1.03 bits per heavy atom. The summed E-state index contributed by atoms with van der Waals surface area (Å²) in [5.74, 6) is -1.89. The summed E-state index contributed by atoms with van der Waals surface area (Å²) in [6.45, 7) is 2.96. The zero-order chi connectivity index (χ0) is 24.9. The fourth-order valence-corrected chi connectivity index (χ4v) is 3.79. The maximum absolute atomic E-state index is 9.63. The number of benzene rings is 2. The van der Waals surface area contributed by atoms with Gasteiger partial charge in [-0.3, -0.25) is 0 Å². The fraction of sp³-hybridized carbons (Fsp3) is 0.360. The van der Waals surface area contributed by atoms with Crippen LogP contribution < -0.4 is 4.74 Å². The summed E-state index contributed by atoms with van der Waals surface area (Å²) in [4.78, 5) is 21.5. The predicted octanol–water partition coefficient (Wildman–Crippen LogP) is 5.06. The van der Waals surface area contributed by atoms with Gasteiger partial charge in [0.15, 0.2) is 0 Å². The molecule has 0 aliphatic carbocycles. The van der Waals surface area contributed by atoms with Gasteiger partial charge in [-0.1, -0.05) is 53.5 Å². The van der Waals surface area contributed by atoms with E-state index in [1.165, 1.54) is 0 Å². The van der Waals surface area contributed by atoms with E-state index in [9.17, 15) is 14.7 Å². The van der Waals surface area contributed by atoms with E-state index in [1.54, 1.807) is 18.2 Å². The lowest BCUT2D eigenvalue weighted by Gasteiger charge is -2.30. The molecule has 1 heterocycles. The number of carboxylic acid groups (broad SMARTS) is 2. The number of carboxylic acids is 2. The van der Waals surface area contributed by atoms with Crippen molar-refractivity contribution in [3.8, 4) is 5.75 Å². The molecule has 0 radical (unpaired) electrons. The quantitative estimate of drug-likeness (QED) is 0.405. The largest absolute Gasteiger partial charge is 0.484 e. The van der Waals surface area contributed by atoms with Crippen molar-refractivity contribution in [2.45, 2.75) is 37.9 Å². The monoisotopic (exact) mass is 509 g/mol. The Morgan fingerprint density at radius 2 is 1.65 bits per heavy atom. The smallest absolute Gasteiger partial charge is 0.328 e. The zero-order valence-corrected chi connectivity index (χ0v) is 20.2. The van der Waals surface area contributed by atoms with Crippen molar-refractivity contribution in [3.63, 3.8) is 0 Å². The second-order valence-electron chi connectivity index (χ2n) is 7.82. The number of hydrogen-bond acceptors (Lipinski definition) is 5. The predicted molar refractivity (Wildman–Crippen MR) is 132 cm³/mol. The third kappa shape index (κ3) is 10.6. The molecule has 7 nitrogen and oxygen atoms in total. The van der Waals surface area contributed by atoms with Gasteiger partial charge in [0.2, 0.25) is 0 Å². The van der Waals surface area contributed by atoms with Crippen LogP contribution in [0.5, 0.6) is 5.75 Å². The lowest BCUT2D eigenvalue weighted by atomic mass is 10.0. The molecule has 1 saturated heterocycles. The van der Waals surface area contributed by atoms with Crippen LogP contribution in [0.25, 0.3) is 0 Å². The number of halogens is 2. The Morgan fingerprint density at radius 3 is 2.24 bits per heavy atom.